The fourth-order valence-electron chi connectivity index (χ4n) is 4.33. The van der Waals surface area contributed by atoms with E-state index in [1.807, 2.05) is 19.1 Å². The van der Waals surface area contributed by atoms with Crippen LogP contribution in [-0.2, 0) is 16.1 Å². The second-order valence-electron chi connectivity index (χ2n) is 7.90. The first-order chi connectivity index (χ1) is 15.3. The summed E-state index contributed by atoms with van der Waals surface area (Å²) in [5.74, 6) is -2.86. The van der Waals surface area contributed by atoms with E-state index in [-0.39, 0.29) is 29.3 Å². The number of rotatable bonds is 5. The van der Waals surface area contributed by atoms with Gasteiger partial charge in [0, 0.05) is 16.7 Å². The van der Waals surface area contributed by atoms with Crippen molar-refractivity contribution < 1.29 is 19.3 Å². The van der Waals surface area contributed by atoms with E-state index in [9.17, 15) is 24.5 Å². The molecule has 9 heteroatoms. The number of carbonyl (C=O) groups excluding carboxylic acids is 3. The molecular weight excluding hydrogens is 434 g/mol. The Balaban J connectivity index is 1.77. The molecule has 0 spiro atoms. The Morgan fingerprint density at radius 2 is 1.84 bits per heavy atom. The standard InChI is InChI=1S/C23H20ClN3O5/c1-14-5-4-7-18-20(14)23(30)26(22(18)29)25(21(28)15-9-11-17(24)12-10-15)13-16-6-2-3-8-19(16)27(31)32/h2-6,8-12,14,18,20H,7,13H2,1H3/t14-,18-,20+/m1/s1. The predicted molar refractivity (Wildman–Crippen MR) is 116 cm³/mol. The van der Waals surface area contributed by atoms with Crippen LogP contribution in [0.3, 0.4) is 0 Å². The average molecular weight is 454 g/mol. The molecule has 2 aliphatic rings. The summed E-state index contributed by atoms with van der Waals surface area (Å²) in [6, 6.07) is 12.0. The van der Waals surface area contributed by atoms with Gasteiger partial charge in [0.05, 0.1) is 28.9 Å². The quantitative estimate of drug-likeness (QED) is 0.295. The second kappa shape index (κ2) is 8.55. The lowest BCUT2D eigenvalue weighted by atomic mass is 9.78. The summed E-state index contributed by atoms with van der Waals surface area (Å²) in [5, 5.41) is 13.8. The van der Waals surface area contributed by atoms with Gasteiger partial charge in [0.2, 0.25) is 0 Å². The molecule has 32 heavy (non-hydrogen) atoms. The normalized spacial score (nSPS) is 22.1. The average Bonchev–Trinajstić information content (AvgIpc) is 3.03. The maximum atomic E-state index is 13.5. The molecule has 1 saturated heterocycles. The molecule has 0 bridgehead atoms. The first-order valence-electron chi connectivity index (χ1n) is 10.1. The molecule has 0 N–H and O–H groups in total. The van der Waals surface area contributed by atoms with Crippen molar-refractivity contribution in [1.29, 1.82) is 0 Å². The van der Waals surface area contributed by atoms with Crippen molar-refractivity contribution in [2.24, 2.45) is 17.8 Å². The number of hydrogen-bond donors (Lipinski definition) is 0. The van der Waals surface area contributed by atoms with Gasteiger partial charge >= 0.3 is 0 Å². The number of benzene rings is 2. The van der Waals surface area contributed by atoms with Crippen molar-refractivity contribution in [2.75, 3.05) is 0 Å². The van der Waals surface area contributed by atoms with Gasteiger partial charge in [0.25, 0.3) is 23.4 Å². The Hall–Kier alpha value is -3.52. The number of fused-ring (bicyclic) bond motifs is 1. The third-order valence-corrected chi connectivity index (χ3v) is 6.18. The Morgan fingerprint density at radius 3 is 2.50 bits per heavy atom. The number of hydrogen-bond acceptors (Lipinski definition) is 5. The predicted octanol–water partition coefficient (Wildman–Crippen LogP) is 4.00. The number of carbonyl (C=O) groups is 3. The van der Waals surface area contributed by atoms with Crippen molar-refractivity contribution in [3.05, 3.63) is 86.9 Å². The lowest BCUT2D eigenvalue weighted by Crippen LogP contribution is -2.50. The van der Waals surface area contributed by atoms with Crippen LogP contribution >= 0.6 is 11.6 Å². The van der Waals surface area contributed by atoms with Crippen LogP contribution in [0.25, 0.3) is 0 Å². The summed E-state index contributed by atoms with van der Waals surface area (Å²) in [6.07, 6.45) is 4.17. The number of nitro groups is 1. The number of halogens is 1. The molecule has 0 aromatic heterocycles. The monoisotopic (exact) mass is 453 g/mol. The second-order valence-corrected chi connectivity index (χ2v) is 8.34. The highest BCUT2D eigenvalue weighted by atomic mass is 35.5. The van der Waals surface area contributed by atoms with Crippen LogP contribution in [0.15, 0.2) is 60.7 Å². The molecule has 2 aromatic rings. The van der Waals surface area contributed by atoms with Gasteiger partial charge in [0.1, 0.15) is 0 Å². The van der Waals surface area contributed by atoms with Crippen LogP contribution in [-0.4, -0.2) is 32.7 Å². The minimum Gasteiger partial charge on any atom is -0.272 e. The third kappa shape index (κ3) is 3.78. The van der Waals surface area contributed by atoms with Gasteiger partial charge in [-0.25, -0.2) is 5.01 Å². The maximum Gasteiger partial charge on any atom is 0.274 e. The third-order valence-electron chi connectivity index (χ3n) is 5.92. The van der Waals surface area contributed by atoms with E-state index >= 15 is 0 Å². The molecule has 0 saturated carbocycles. The van der Waals surface area contributed by atoms with Gasteiger partial charge in [-0.05, 0) is 36.6 Å². The molecule has 164 valence electrons. The van der Waals surface area contributed by atoms with Crippen LogP contribution in [0.2, 0.25) is 5.02 Å². The molecule has 2 aromatic carbocycles. The Bertz CT molecular complexity index is 1130. The fourth-order valence-corrected chi connectivity index (χ4v) is 4.45. The first-order valence-corrected chi connectivity index (χ1v) is 10.5. The molecule has 1 fully saturated rings. The van der Waals surface area contributed by atoms with Crippen molar-refractivity contribution in [3.8, 4) is 0 Å². The van der Waals surface area contributed by atoms with Crippen molar-refractivity contribution in [1.82, 2.24) is 10.0 Å². The van der Waals surface area contributed by atoms with Crippen LogP contribution in [0.4, 0.5) is 5.69 Å². The number of allylic oxidation sites excluding steroid dienone is 2. The smallest absolute Gasteiger partial charge is 0.272 e. The van der Waals surface area contributed by atoms with E-state index in [2.05, 4.69) is 0 Å². The number of imide groups is 1. The fraction of sp³-hybridized carbons (Fsp3) is 0.261. The Labute approximate surface area is 189 Å². The summed E-state index contributed by atoms with van der Waals surface area (Å²) in [5.41, 5.74) is 0.212. The van der Waals surface area contributed by atoms with Gasteiger partial charge in [-0.15, -0.1) is 0 Å². The van der Waals surface area contributed by atoms with Gasteiger partial charge in [0.15, 0.2) is 0 Å². The zero-order valence-corrected chi connectivity index (χ0v) is 17.9. The Morgan fingerprint density at radius 1 is 1.16 bits per heavy atom. The van der Waals surface area contributed by atoms with Crippen molar-refractivity contribution in [2.45, 2.75) is 19.9 Å². The van der Waals surface area contributed by atoms with Gasteiger partial charge in [-0.1, -0.05) is 48.9 Å². The van der Waals surface area contributed by atoms with Crippen molar-refractivity contribution >= 4 is 35.0 Å². The van der Waals surface area contributed by atoms with Crippen molar-refractivity contribution in [3.63, 3.8) is 0 Å². The van der Waals surface area contributed by atoms with E-state index in [4.69, 9.17) is 11.6 Å². The van der Waals surface area contributed by atoms with Gasteiger partial charge in [-0.3, -0.25) is 24.5 Å². The van der Waals surface area contributed by atoms with E-state index in [0.717, 1.165) is 10.0 Å². The zero-order chi connectivity index (χ0) is 23.0. The largest absolute Gasteiger partial charge is 0.274 e. The molecule has 3 atom stereocenters. The molecule has 0 unspecified atom stereocenters. The number of amides is 3. The SMILES string of the molecule is C[C@@H]1C=CC[C@H]2C(=O)N(N(Cc3ccccc3[N+](=O)[O-])C(=O)c3ccc(Cl)cc3)C(=O)[C@@H]12. The van der Waals surface area contributed by atoms with Crippen LogP contribution < -0.4 is 0 Å². The van der Waals surface area contributed by atoms with E-state index in [0.29, 0.717) is 11.4 Å². The maximum absolute atomic E-state index is 13.5. The molecule has 8 nitrogen and oxygen atoms in total. The summed E-state index contributed by atoms with van der Waals surface area (Å²) in [6.45, 7) is 1.55. The van der Waals surface area contributed by atoms with E-state index < -0.39 is 34.5 Å². The molecule has 0 radical (unpaired) electrons. The highest BCUT2D eigenvalue weighted by molar-refractivity contribution is 6.30. The zero-order valence-electron chi connectivity index (χ0n) is 17.2. The molecule has 1 heterocycles. The summed E-state index contributed by atoms with van der Waals surface area (Å²) in [4.78, 5) is 51.0. The van der Waals surface area contributed by atoms with E-state index in [1.54, 1.807) is 6.07 Å². The summed E-state index contributed by atoms with van der Waals surface area (Å²) >= 11 is 5.93. The van der Waals surface area contributed by atoms with Crippen LogP contribution in [0.5, 0.6) is 0 Å². The molecular formula is C23H20ClN3O5. The number of para-hydroxylation sites is 1. The summed E-state index contributed by atoms with van der Waals surface area (Å²) < 4.78 is 0. The number of hydrazine groups is 1. The van der Waals surface area contributed by atoms with Crippen LogP contribution in [0, 0.1) is 27.9 Å². The number of nitro benzene ring substituents is 1. The van der Waals surface area contributed by atoms with Gasteiger partial charge < -0.3 is 0 Å². The lowest BCUT2D eigenvalue weighted by Gasteiger charge is -2.30. The highest BCUT2D eigenvalue weighted by Gasteiger charge is 2.53. The molecule has 1 aliphatic carbocycles. The van der Waals surface area contributed by atoms with Gasteiger partial charge in [-0.2, -0.15) is 5.01 Å². The molecule has 4 rings (SSSR count). The first kappa shape index (κ1) is 21.7. The molecule has 1 aliphatic heterocycles. The summed E-state index contributed by atoms with van der Waals surface area (Å²) in [7, 11) is 0. The van der Waals surface area contributed by atoms with Crippen LogP contribution in [0.1, 0.15) is 29.3 Å². The van der Waals surface area contributed by atoms with E-state index in [1.165, 1.54) is 42.5 Å². The minimum absolute atomic E-state index is 0.159. The molecule has 3 amide bonds. The lowest BCUT2D eigenvalue weighted by molar-refractivity contribution is -0.385. The topological polar surface area (TPSA) is 101 Å². The Kier molecular flexibility index (Phi) is 5.80. The highest BCUT2D eigenvalue weighted by Crippen LogP contribution is 2.40. The minimum atomic E-state index is -0.624. The number of nitrogens with zero attached hydrogens (tertiary/aromatic N) is 3.